The minimum absolute atomic E-state index is 0. The molecule has 1 heterocycles. The third-order valence-corrected chi connectivity index (χ3v) is 5.96. The molecule has 0 aliphatic carbocycles. The number of anilines is 1. The van der Waals surface area contributed by atoms with Gasteiger partial charge in [0, 0.05) is 30.9 Å². The summed E-state index contributed by atoms with van der Waals surface area (Å²) in [5, 5.41) is 9.75. The lowest BCUT2D eigenvalue weighted by molar-refractivity contribution is -0.132. The number of benzene rings is 3. The van der Waals surface area contributed by atoms with Crippen molar-refractivity contribution in [2.24, 2.45) is 10.9 Å². The molecule has 2 amide bonds. The first-order chi connectivity index (χ1) is 16.5. The standard InChI is InChI=1S/C27H29N5O2.2ClH/c1-19-27(34)32(14-13-20-5-3-2-4-6-20)18-24-12-11-23(15-25(24)31-19)26(33)29-16-21-7-9-22(10-8-21)17-30-28;;/h2-12,15,17,19,31H,13-14,16,18,28H2,1H3,(H,29,33);2*1H. The molecule has 36 heavy (non-hydrogen) atoms. The average Bonchev–Trinajstić information content (AvgIpc) is 2.98. The number of nitrogens with one attached hydrogen (secondary N) is 2. The van der Waals surface area contributed by atoms with Crippen molar-refractivity contribution in [3.8, 4) is 0 Å². The van der Waals surface area contributed by atoms with Crippen molar-refractivity contribution in [3.05, 3.63) is 101 Å². The van der Waals surface area contributed by atoms with Gasteiger partial charge >= 0.3 is 0 Å². The molecule has 0 bridgehead atoms. The van der Waals surface area contributed by atoms with Crippen molar-refractivity contribution in [2.45, 2.75) is 32.5 Å². The van der Waals surface area contributed by atoms with Crippen LogP contribution in [0.25, 0.3) is 0 Å². The van der Waals surface area contributed by atoms with E-state index >= 15 is 0 Å². The summed E-state index contributed by atoms with van der Waals surface area (Å²) in [7, 11) is 0. The van der Waals surface area contributed by atoms with Gasteiger partial charge in [0.05, 0.1) is 6.21 Å². The van der Waals surface area contributed by atoms with Gasteiger partial charge in [-0.1, -0.05) is 60.7 Å². The number of halogens is 2. The van der Waals surface area contributed by atoms with Crippen molar-refractivity contribution in [1.29, 1.82) is 0 Å². The molecular formula is C27H31Cl2N5O2. The summed E-state index contributed by atoms with van der Waals surface area (Å²) in [6.45, 7) is 3.43. The Hall–Kier alpha value is -3.55. The fourth-order valence-electron chi connectivity index (χ4n) is 4.03. The lowest BCUT2D eigenvalue weighted by Crippen LogP contribution is -2.39. The molecule has 4 rings (SSSR count). The van der Waals surface area contributed by atoms with Crippen molar-refractivity contribution in [1.82, 2.24) is 10.2 Å². The Balaban J connectivity index is 0.00000228. The highest BCUT2D eigenvalue weighted by Gasteiger charge is 2.26. The van der Waals surface area contributed by atoms with E-state index in [2.05, 4.69) is 27.9 Å². The number of nitrogens with zero attached hydrogens (tertiary/aromatic N) is 2. The van der Waals surface area contributed by atoms with Crippen molar-refractivity contribution >= 4 is 48.5 Å². The summed E-state index contributed by atoms with van der Waals surface area (Å²) in [6, 6.07) is 23.0. The number of nitrogens with two attached hydrogens (primary N) is 1. The number of rotatable bonds is 7. The summed E-state index contributed by atoms with van der Waals surface area (Å²) < 4.78 is 0. The lowest BCUT2D eigenvalue weighted by atomic mass is 10.1. The van der Waals surface area contributed by atoms with Crippen LogP contribution < -0.4 is 16.5 Å². The molecule has 0 saturated carbocycles. The van der Waals surface area contributed by atoms with Crippen LogP contribution in [0.3, 0.4) is 0 Å². The van der Waals surface area contributed by atoms with E-state index < -0.39 is 0 Å². The Morgan fingerprint density at radius 1 is 1.08 bits per heavy atom. The number of hydrogen-bond donors (Lipinski definition) is 3. The monoisotopic (exact) mass is 527 g/mol. The molecule has 1 atom stereocenters. The second-order valence-corrected chi connectivity index (χ2v) is 8.44. The molecule has 1 aliphatic heterocycles. The first-order valence-corrected chi connectivity index (χ1v) is 11.4. The first-order valence-electron chi connectivity index (χ1n) is 11.4. The second kappa shape index (κ2) is 13.5. The fourth-order valence-corrected chi connectivity index (χ4v) is 4.03. The van der Waals surface area contributed by atoms with Crippen LogP contribution in [-0.2, 0) is 24.3 Å². The van der Waals surface area contributed by atoms with Gasteiger partial charge in [-0.2, -0.15) is 5.10 Å². The first kappa shape index (κ1) is 28.7. The van der Waals surface area contributed by atoms with Crippen molar-refractivity contribution in [3.63, 3.8) is 0 Å². The van der Waals surface area contributed by atoms with Gasteiger partial charge in [-0.15, -0.1) is 24.8 Å². The van der Waals surface area contributed by atoms with E-state index in [0.29, 0.717) is 25.2 Å². The van der Waals surface area contributed by atoms with Gasteiger partial charge in [-0.25, -0.2) is 0 Å². The Kier molecular flexibility index (Phi) is 10.8. The van der Waals surface area contributed by atoms with Crippen LogP contribution in [0.4, 0.5) is 5.69 Å². The SMILES string of the molecule is CC1Nc2cc(C(=O)NCc3ccc(C=NN)cc3)ccc2CN(CCc2ccccc2)C1=O.Cl.Cl. The summed E-state index contributed by atoms with van der Waals surface area (Å²) in [4.78, 5) is 27.6. The Labute approximate surface area is 224 Å². The van der Waals surface area contributed by atoms with Gasteiger partial charge in [0.15, 0.2) is 0 Å². The van der Waals surface area contributed by atoms with Crippen LogP contribution >= 0.6 is 24.8 Å². The summed E-state index contributed by atoms with van der Waals surface area (Å²) in [5.74, 6) is 5.06. The third-order valence-electron chi connectivity index (χ3n) is 5.96. The molecule has 3 aromatic carbocycles. The molecule has 0 radical (unpaired) electrons. The van der Waals surface area contributed by atoms with Crippen LogP contribution in [0, 0.1) is 0 Å². The number of fused-ring (bicyclic) bond motifs is 1. The molecule has 0 saturated heterocycles. The van der Waals surface area contributed by atoms with Crippen molar-refractivity contribution < 1.29 is 9.59 Å². The predicted molar refractivity (Wildman–Crippen MR) is 149 cm³/mol. The van der Waals surface area contributed by atoms with Gasteiger partial charge in [0.25, 0.3) is 5.91 Å². The fraction of sp³-hybridized carbons (Fsp3) is 0.222. The lowest BCUT2D eigenvalue weighted by Gasteiger charge is -2.23. The molecule has 1 aliphatic rings. The third kappa shape index (κ3) is 7.23. The normalized spacial score (nSPS) is 14.6. The zero-order valence-corrected chi connectivity index (χ0v) is 21.6. The number of carbonyl (C=O) groups is 2. The van der Waals surface area contributed by atoms with Crippen molar-refractivity contribution in [2.75, 3.05) is 11.9 Å². The van der Waals surface area contributed by atoms with E-state index in [1.165, 1.54) is 5.56 Å². The zero-order chi connectivity index (χ0) is 23.9. The number of amides is 2. The summed E-state index contributed by atoms with van der Waals surface area (Å²) in [5.41, 5.74) is 5.45. The molecule has 0 spiro atoms. The average molecular weight is 528 g/mol. The highest BCUT2D eigenvalue weighted by Crippen LogP contribution is 2.25. The van der Waals surface area contributed by atoms with Gasteiger partial charge in [-0.3, -0.25) is 9.59 Å². The maximum absolute atomic E-state index is 12.9. The maximum Gasteiger partial charge on any atom is 0.251 e. The minimum atomic E-state index is -0.370. The van der Waals surface area contributed by atoms with Crippen LogP contribution in [-0.4, -0.2) is 35.5 Å². The van der Waals surface area contributed by atoms with Gasteiger partial charge < -0.3 is 21.4 Å². The topological polar surface area (TPSA) is 99.8 Å². The second-order valence-electron chi connectivity index (χ2n) is 8.44. The number of hydrogen-bond acceptors (Lipinski definition) is 5. The van der Waals surface area contributed by atoms with E-state index in [1.54, 1.807) is 6.21 Å². The quantitative estimate of drug-likeness (QED) is 0.244. The molecule has 9 heteroatoms. The Bertz CT molecular complexity index is 1190. The molecule has 4 N–H and O–H groups in total. The van der Waals surface area contributed by atoms with E-state index in [4.69, 9.17) is 5.84 Å². The molecule has 0 fully saturated rings. The van der Waals surface area contributed by atoms with Gasteiger partial charge in [0.2, 0.25) is 5.91 Å². The van der Waals surface area contributed by atoms with Gasteiger partial charge in [0.1, 0.15) is 6.04 Å². The Morgan fingerprint density at radius 2 is 1.81 bits per heavy atom. The highest BCUT2D eigenvalue weighted by molar-refractivity contribution is 5.96. The van der Waals surface area contributed by atoms with E-state index in [0.717, 1.165) is 28.8 Å². The predicted octanol–water partition coefficient (Wildman–Crippen LogP) is 4.14. The minimum Gasteiger partial charge on any atom is -0.374 e. The largest absolute Gasteiger partial charge is 0.374 e. The molecule has 0 aromatic heterocycles. The zero-order valence-electron chi connectivity index (χ0n) is 20.0. The maximum atomic E-state index is 12.9. The van der Waals surface area contributed by atoms with Crippen LogP contribution in [0.2, 0.25) is 0 Å². The highest BCUT2D eigenvalue weighted by atomic mass is 35.5. The number of hydrazone groups is 1. The molecule has 190 valence electrons. The summed E-state index contributed by atoms with van der Waals surface area (Å²) in [6.07, 6.45) is 2.37. The van der Waals surface area contributed by atoms with E-state index in [-0.39, 0.29) is 42.7 Å². The molecule has 3 aromatic rings. The summed E-state index contributed by atoms with van der Waals surface area (Å²) >= 11 is 0. The Morgan fingerprint density at radius 3 is 2.50 bits per heavy atom. The van der Waals surface area contributed by atoms with Crippen LogP contribution in [0.5, 0.6) is 0 Å². The van der Waals surface area contributed by atoms with Gasteiger partial charge in [-0.05, 0) is 47.7 Å². The van der Waals surface area contributed by atoms with Crippen LogP contribution in [0.1, 0.15) is 39.5 Å². The van der Waals surface area contributed by atoms with Crippen LogP contribution in [0.15, 0.2) is 77.9 Å². The molecule has 1 unspecified atom stereocenters. The molecular weight excluding hydrogens is 497 g/mol. The number of carbonyl (C=O) groups excluding carboxylic acids is 2. The smallest absolute Gasteiger partial charge is 0.251 e. The van der Waals surface area contributed by atoms with E-state index in [9.17, 15) is 9.59 Å². The molecule has 7 nitrogen and oxygen atoms in total. The van der Waals surface area contributed by atoms with E-state index in [1.807, 2.05) is 72.5 Å².